The summed E-state index contributed by atoms with van der Waals surface area (Å²) >= 11 is 5.97. The van der Waals surface area contributed by atoms with E-state index in [1.165, 1.54) is 0 Å². The highest BCUT2D eigenvalue weighted by Crippen LogP contribution is 2.23. The lowest BCUT2D eigenvalue weighted by atomic mass is 10.0. The molecule has 0 spiro atoms. The molecule has 0 aromatic carbocycles. The molecule has 0 fully saturated rings. The lowest BCUT2D eigenvalue weighted by Gasteiger charge is -2.32. The van der Waals surface area contributed by atoms with Crippen molar-refractivity contribution in [3.8, 4) is 6.07 Å². The van der Waals surface area contributed by atoms with Crippen LogP contribution in [0.4, 0.5) is 0 Å². The molecule has 0 amide bonds. The lowest BCUT2D eigenvalue weighted by molar-refractivity contribution is 0.593. The molecule has 0 bridgehead atoms. The molecule has 0 radical (unpaired) electrons. The molecule has 3 heterocycles. The third-order valence-corrected chi connectivity index (χ3v) is 3.75. The van der Waals surface area contributed by atoms with Crippen LogP contribution in [-0.2, 0) is 6.42 Å². The van der Waals surface area contributed by atoms with Crippen LogP contribution in [0.1, 0.15) is 18.2 Å². The molecule has 0 atom stereocenters. The summed E-state index contributed by atoms with van der Waals surface area (Å²) in [6.45, 7) is 1.92. The van der Waals surface area contributed by atoms with Crippen molar-refractivity contribution in [1.29, 1.82) is 10.7 Å². The van der Waals surface area contributed by atoms with Crippen molar-refractivity contribution in [3.05, 3.63) is 69.7 Å². The number of amidine groups is 1. The quantitative estimate of drug-likeness (QED) is 0.650. The highest BCUT2D eigenvalue weighted by atomic mass is 35.5. The van der Waals surface area contributed by atoms with Gasteiger partial charge in [-0.15, -0.1) is 0 Å². The third-order valence-electron chi connectivity index (χ3n) is 3.46. The number of nitrogens with zero attached hydrogens (tertiary/aromatic N) is 3. The summed E-state index contributed by atoms with van der Waals surface area (Å²) in [7, 11) is 0. The van der Waals surface area contributed by atoms with E-state index in [9.17, 15) is 0 Å². The first-order valence-electron chi connectivity index (χ1n) is 6.64. The Balaban J connectivity index is 1.93. The number of fused-ring (bicyclic) bond motifs is 1. The lowest BCUT2D eigenvalue weighted by Crippen LogP contribution is -2.39. The molecule has 108 valence electrons. The van der Waals surface area contributed by atoms with Crippen molar-refractivity contribution < 1.29 is 0 Å². The van der Waals surface area contributed by atoms with E-state index in [-0.39, 0.29) is 5.15 Å². The molecule has 2 N–H and O–H groups in total. The van der Waals surface area contributed by atoms with Gasteiger partial charge in [-0.2, -0.15) is 5.26 Å². The predicted octanol–water partition coefficient (Wildman–Crippen LogP) is 2.83. The zero-order chi connectivity index (χ0) is 15.7. The van der Waals surface area contributed by atoms with Crippen molar-refractivity contribution in [1.82, 2.24) is 15.2 Å². The normalized spacial score (nSPS) is 16.1. The summed E-state index contributed by atoms with van der Waals surface area (Å²) < 4.78 is 0. The molecular weight excluding hydrogens is 298 g/mol. The number of hydrogen-bond acceptors (Lipinski definition) is 4. The van der Waals surface area contributed by atoms with Crippen LogP contribution in [0.3, 0.4) is 0 Å². The Labute approximate surface area is 133 Å². The Kier molecular flexibility index (Phi) is 3.56. The number of pyridine rings is 1. The molecule has 0 saturated carbocycles. The van der Waals surface area contributed by atoms with Gasteiger partial charge >= 0.3 is 0 Å². The van der Waals surface area contributed by atoms with E-state index in [2.05, 4.69) is 16.0 Å². The first kappa shape index (κ1) is 14.2. The molecule has 5 nitrogen and oxygen atoms in total. The predicted molar refractivity (Wildman–Crippen MR) is 83.8 cm³/mol. The summed E-state index contributed by atoms with van der Waals surface area (Å²) in [4.78, 5) is 5.96. The second kappa shape index (κ2) is 5.53. The van der Waals surface area contributed by atoms with Crippen LogP contribution in [0.2, 0.25) is 5.15 Å². The zero-order valence-corrected chi connectivity index (χ0v) is 12.6. The monoisotopic (exact) mass is 309 g/mol. The molecule has 0 saturated heterocycles. The zero-order valence-electron chi connectivity index (χ0n) is 11.8. The minimum atomic E-state index is 0.190. The smallest absolute Gasteiger partial charge is 0.160 e. The van der Waals surface area contributed by atoms with Gasteiger partial charge in [-0.05, 0) is 31.2 Å². The molecular formula is C16H12ClN5. The fraction of sp³-hybridized carbons (Fsp3) is 0.125. The van der Waals surface area contributed by atoms with Gasteiger partial charge in [0.15, 0.2) is 5.82 Å². The van der Waals surface area contributed by atoms with Gasteiger partial charge in [0.05, 0.1) is 5.56 Å². The van der Waals surface area contributed by atoms with Gasteiger partial charge in [-0.1, -0.05) is 17.3 Å². The number of aromatic nitrogens is 1. The first-order valence-corrected chi connectivity index (χ1v) is 7.02. The molecule has 2 aliphatic heterocycles. The number of hydrogen-bond donors (Lipinski definition) is 2. The number of halogens is 1. The van der Waals surface area contributed by atoms with Crippen molar-refractivity contribution in [2.45, 2.75) is 13.3 Å². The topological polar surface area (TPSA) is 75.8 Å². The standard InChI is InChI=1S/C16H12ClN5/c1-10-13(8-12-6-5-11(9-18)15(17)21-12)16(19)22-7-3-2-4-14(22)20-10/h2-3,5-7,19-20H,8H2,1H3. The maximum atomic E-state index is 8.89. The van der Waals surface area contributed by atoms with Gasteiger partial charge in [-0.3, -0.25) is 10.3 Å². The first-order chi connectivity index (χ1) is 10.6. The van der Waals surface area contributed by atoms with Crippen molar-refractivity contribution in [2.24, 2.45) is 0 Å². The van der Waals surface area contributed by atoms with Crippen LogP contribution >= 0.6 is 11.6 Å². The SMILES string of the molecule is CC1=C(Cc2ccc(C#N)c(Cl)n2)C(=N)N2C=CC=C=C2N1. The highest BCUT2D eigenvalue weighted by molar-refractivity contribution is 6.30. The van der Waals surface area contributed by atoms with Crippen LogP contribution in [0.5, 0.6) is 0 Å². The van der Waals surface area contributed by atoms with Crippen LogP contribution in [0.15, 0.2) is 53.3 Å². The van der Waals surface area contributed by atoms with E-state index >= 15 is 0 Å². The summed E-state index contributed by atoms with van der Waals surface area (Å²) in [5.41, 5.74) is 5.84. The molecule has 22 heavy (non-hydrogen) atoms. The maximum Gasteiger partial charge on any atom is 0.160 e. The van der Waals surface area contributed by atoms with Crippen molar-refractivity contribution in [3.63, 3.8) is 0 Å². The van der Waals surface area contributed by atoms with E-state index in [1.54, 1.807) is 23.1 Å². The molecule has 0 unspecified atom stereocenters. The largest absolute Gasteiger partial charge is 0.338 e. The molecule has 6 heteroatoms. The summed E-state index contributed by atoms with van der Waals surface area (Å²) in [5, 5.41) is 20.7. The number of rotatable bonds is 2. The van der Waals surface area contributed by atoms with E-state index in [0.717, 1.165) is 17.1 Å². The number of nitriles is 1. The average Bonchev–Trinajstić information content (AvgIpc) is 2.51. The van der Waals surface area contributed by atoms with Crippen LogP contribution < -0.4 is 5.32 Å². The summed E-state index contributed by atoms with van der Waals surface area (Å²) in [6.07, 6.45) is 5.90. The van der Waals surface area contributed by atoms with Crippen LogP contribution in [0.25, 0.3) is 0 Å². The average molecular weight is 310 g/mol. The van der Waals surface area contributed by atoms with Crippen LogP contribution in [0, 0.1) is 16.7 Å². The molecule has 0 aliphatic carbocycles. The highest BCUT2D eigenvalue weighted by Gasteiger charge is 2.25. The minimum Gasteiger partial charge on any atom is -0.338 e. The number of nitrogens with one attached hydrogen (secondary N) is 2. The molecule has 1 aromatic heterocycles. The van der Waals surface area contributed by atoms with Crippen molar-refractivity contribution >= 4 is 17.4 Å². The van der Waals surface area contributed by atoms with Gasteiger partial charge in [0, 0.05) is 29.6 Å². The molecule has 2 aliphatic rings. The molecule has 3 rings (SSSR count). The summed E-state index contributed by atoms with van der Waals surface area (Å²) in [5.74, 6) is 1.12. The van der Waals surface area contributed by atoms with Gasteiger partial charge < -0.3 is 5.32 Å². The van der Waals surface area contributed by atoms with Crippen LogP contribution in [-0.4, -0.2) is 15.7 Å². The third kappa shape index (κ3) is 2.42. The molecule has 1 aromatic rings. The fourth-order valence-electron chi connectivity index (χ4n) is 2.31. The van der Waals surface area contributed by atoms with Gasteiger partial charge in [0.25, 0.3) is 0 Å². The maximum absolute atomic E-state index is 8.89. The Morgan fingerprint density at radius 3 is 3.05 bits per heavy atom. The van der Waals surface area contributed by atoms with Gasteiger partial charge in [-0.25, -0.2) is 4.98 Å². The Bertz CT molecular complexity index is 835. The second-order valence-electron chi connectivity index (χ2n) is 4.88. The Morgan fingerprint density at radius 2 is 2.32 bits per heavy atom. The van der Waals surface area contributed by atoms with Crippen molar-refractivity contribution in [2.75, 3.05) is 0 Å². The van der Waals surface area contributed by atoms with Gasteiger partial charge in [0.1, 0.15) is 17.1 Å². The van der Waals surface area contributed by atoms with E-state index < -0.39 is 0 Å². The minimum absolute atomic E-state index is 0.190. The Hall–Kier alpha value is -2.80. The number of allylic oxidation sites excluding steroid dienone is 3. The van der Waals surface area contributed by atoms with Gasteiger partial charge in [0.2, 0.25) is 0 Å². The fourth-order valence-corrected chi connectivity index (χ4v) is 2.52. The Morgan fingerprint density at radius 1 is 1.50 bits per heavy atom. The van der Waals surface area contributed by atoms with E-state index in [0.29, 0.717) is 23.5 Å². The summed E-state index contributed by atoms with van der Waals surface area (Å²) in [6, 6.07) is 5.39. The second-order valence-corrected chi connectivity index (χ2v) is 5.24. The van der Waals surface area contributed by atoms with E-state index in [1.807, 2.05) is 25.3 Å². The van der Waals surface area contributed by atoms with E-state index in [4.69, 9.17) is 22.3 Å².